The molecule has 1 aliphatic rings. The van der Waals surface area contributed by atoms with Crippen molar-refractivity contribution < 1.29 is 8.91 Å². The Kier molecular flexibility index (Phi) is 3.14. The summed E-state index contributed by atoms with van der Waals surface area (Å²) in [5.41, 5.74) is 6.31. The van der Waals surface area contributed by atoms with E-state index in [4.69, 9.17) is 10.3 Å². The van der Waals surface area contributed by atoms with E-state index in [1.54, 1.807) is 6.07 Å². The first-order chi connectivity index (χ1) is 9.07. The average Bonchev–Trinajstić information content (AvgIpc) is 2.96. The first-order valence-corrected chi connectivity index (χ1v) is 6.96. The fourth-order valence-electron chi connectivity index (χ4n) is 2.45. The van der Waals surface area contributed by atoms with Crippen LogP contribution in [0.4, 0.5) is 4.39 Å². The molecule has 1 fully saturated rings. The third kappa shape index (κ3) is 2.42. The summed E-state index contributed by atoms with van der Waals surface area (Å²) < 4.78 is 19.3. The average molecular weight is 326 g/mol. The van der Waals surface area contributed by atoms with Gasteiger partial charge in [-0.05, 0) is 31.0 Å². The highest BCUT2D eigenvalue weighted by atomic mass is 79.9. The number of halogens is 2. The maximum Gasteiger partial charge on any atom is 0.247 e. The molecule has 0 atom stereocenters. The number of nitrogens with zero attached hydrogens (tertiary/aromatic N) is 2. The van der Waals surface area contributed by atoms with E-state index in [0.29, 0.717) is 21.8 Å². The van der Waals surface area contributed by atoms with Crippen LogP contribution >= 0.6 is 15.9 Å². The van der Waals surface area contributed by atoms with E-state index in [-0.39, 0.29) is 5.82 Å². The van der Waals surface area contributed by atoms with Gasteiger partial charge in [0.1, 0.15) is 5.82 Å². The van der Waals surface area contributed by atoms with Crippen LogP contribution in [-0.4, -0.2) is 10.1 Å². The van der Waals surface area contributed by atoms with Crippen LogP contribution in [0.1, 0.15) is 31.6 Å². The molecule has 100 valence electrons. The van der Waals surface area contributed by atoms with Gasteiger partial charge in [-0.2, -0.15) is 4.98 Å². The molecular formula is C13H13BrFN3O. The molecule has 1 aromatic carbocycles. The predicted molar refractivity (Wildman–Crippen MR) is 71.7 cm³/mol. The lowest BCUT2D eigenvalue weighted by Crippen LogP contribution is -2.33. The molecule has 0 radical (unpaired) electrons. The van der Waals surface area contributed by atoms with Crippen LogP contribution in [0.3, 0.4) is 0 Å². The third-order valence-corrected chi connectivity index (χ3v) is 3.93. The van der Waals surface area contributed by atoms with Crippen LogP contribution in [0, 0.1) is 5.82 Å². The summed E-state index contributed by atoms with van der Waals surface area (Å²) in [4.78, 5) is 4.33. The Morgan fingerprint density at radius 1 is 1.26 bits per heavy atom. The Hall–Kier alpha value is -1.27. The highest BCUT2D eigenvalue weighted by Crippen LogP contribution is 2.36. The lowest BCUT2D eigenvalue weighted by molar-refractivity contribution is 0.285. The van der Waals surface area contributed by atoms with Crippen LogP contribution in [0.2, 0.25) is 0 Å². The zero-order valence-electron chi connectivity index (χ0n) is 10.2. The highest BCUT2D eigenvalue weighted by Gasteiger charge is 2.36. The first-order valence-electron chi connectivity index (χ1n) is 6.16. The van der Waals surface area contributed by atoms with Crippen molar-refractivity contribution >= 4 is 15.9 Å². The van der Waals surface area contributed by atoms with Crippen molar-refractivity contribution in [2.75, 3.05) is 0 Å². The summed E-state index contributed by atoms with van der Waals surface area (Å²) in [6, 6.07) is 4.50. The van der Waals surface area contributed by atoms with Gasteiger partial charge in [0.2, 0.25) is 11.7 Å². The first kappa shape index (κ1) is 12.7. The van der Waals surface area contributed by atoms with E-state index < -0.39 is 5.54 Å². The zero-order chi connectivity index (χ0) is 13.5. The summed E-state index contributed by atoms with van der Waals surface area (Å²) in [5, 5.41) is 3.90. The van der Waals surface area contributed by atoms with Gasteiger partial charge >= 0.3 is 0 Å². The van der Waals surface area contributed by atoms with Gasteiger partial charge < -0.3 is 10.3 Å². The second-order valence-electron chi connectivity index (χ2n) is 4.94. The third-order valence-electron chi connectivity index (χ3n) is 3.47. The summed E-state index contributed by atoms with van der Waals surface area (Å²) in [7, 11) is 0. The minimum atomic E-state index is -0.518. The number of hydrogen-bond donors (Lipinski definition) is 1. The SMILES string of the molecule is NC1(c2nc(-c3cc(F)cc(Br)c3)no2)CCCC1. The van der Waals surface area contributed by atoms with Gasteiger partial charge in [-0.1, -0.05) is 33.9 Å². The molecule has 1 saturated carbocycles. The quantitative estimate of drug-likeness (QED) is 0.919. The van der Waals surface area contributed by atoms with Gasteiger partial charge in [-0.25, -0.2) is 4.39 Å². The van der Waals surface area contributed by atoms with Crippen molar-refractivity contribution in [2.45, 2.75) is 31.2 Å². The molecule has 0 unspecified atom stereocenters. The second-order valence-corrected chi connectivity index (χ2v) is 5.86. The smallest absolute Gasteiger partial charge is 0.247 e. The van der Waals surface area contributed by atoms with E-state index in [9.17, 15) is 4.39 Å². The Morgan fingerprint density at radius 2 is 2.00 bits per heavy atom. The highest BCUT2D eigenvalue weighted by molar-refractivity contribution is 9.10. The summed E-state index contributed by atoms with van der Waals surface area (Å²) in [6.45, 7) is 0. The van der Waals surface area contributed by atoms with Crippen molar-refractivity contribution in [2.24, 2.45) is 5.73 Å². The van der Waals surface area contributed by atoms with Crippen molar-refractivity contribution in [1.29, 1.82) is 0 Å². The topological polar surface area (TPSA) is 64.9 Å². The van der Waals surface area contributed by atoms with Crippen molar-refractivity contribution in [1.82, 2.24) is 10.1 Å². The van der Waals surface area contributed by atoms with E-state index in [1.165, 1.54) is 12.1 Å². The normalized spacial score (nSPS) is 17.8. The van der Waals surface area contributed by atoms with Gasteiger partial charge in [0, 0.05) is 10.0 Å². The monoisotopic (exact) mass is 325 g/mol. The molecule has 0 amide bonds. The standard InChI is InChI=1S/C13H13BrFN3O/c14-9-5-8(6-10(15)7-9)11-17-12(19-18-11)13(16)3-1-2-4-13/h5-7H,1-4,16H2. The molecule has 0 spiro atoms. The minimum absolute atomic E-state index is 0.348. The molecule has 1 heterocycles. The molecule has 1 aliphatic carbocycles. The Labute approximate surface area is 118 Å². The van der Waals surface area contributed by atoms with Gasteiger partial charge in [0.25, 0.3) is 0 Å². The number of hydrogen-bond acceptors (Lipinski definition) is 4. The predicted octanol–water partition coefficient (Wildman–Crippen LogP) is 3.37. The number of aromatic nitrogens is 2. The maximum atomic E-state index is 13.4. The molecule has 2 N–H and O–H groups in total. The molecule has 19 heavy (non-hydrogen) atoms. The second kappa shape index (κ2) is 4.68. The Balaban J connectivity index is 1.96. The van der Waals surface area contributed by atoms with Crippen LogP contribution in [0.5, 0.6) is 0 Å². The molecule has 0 saturated heterocycles. The molecule has 3 rings (SSSR count). The summed E-state index contributed by atoms with van der Waals surface area (Å²) >= 11 is 3.24. The van der Waals surface area contributed by atoms with Crippen molar-refractivity contribution in [3.63, 3.8) is 0 Å². The summed E-state index contributed by atoms with van der Waals surface area (Å²) in [6.07, 6.45) is 3.84. The van der Waals surface area contributed by atoms with Crippen LogP contribution in [0.15, 0.2) is 27.2 Å². The minimum Gasteiger partial charge on any atom is -0.337 e. The molecule has 4 nitrogen and oxygen atoms in total. The molecule has 6 heteroatoms. The van der Waals surface area contributed by atoms with E-state index >= 15 is 0 Å². The lowest BCUT2D eigenvalue weighted by Gasteiger charge is -2.17. The number of benzene rings is 1. The van der Waals surface area contributed by atoms with Gasteiger partial charge in [-0.15, -0.1) is 0 Å². The van der Waals surface area contributed by atoms with E-state index in [2.05, 4.69) is 26.1 Å². The lowest BCUT2D eigenvalue weighted by atomic mass is 9.99. The van der Waals surface area contributed by atoms with Gasteiger partial charge in [0.05, 0.1) is 5.54 Å². The van der Waals surface area contributed by atoms with Crippen LogP contribution in [0.25, 0.3) is 11.4 Å². The molecule has 1 aromatic heterocycles. The Bertz CT molecular complexity index is 587. The zero-order valence-corrected chi connectivity index (χ0v) is 11.8. The van der Waals surface area contributed by atoms with E-state index in [0.717, 1.165) is 25.7 Å². The van der Waals surface area contributed by atoms with Crippen molar-refractivity contribution in [3.8, 4) is 11.4 Å². The number of nitrogens with two attached hydrogens (primary N) is 1. The fourth-order valence-corrected chi connectivity index (χ4v) is 2.91. The molecule has 0 aliphatic heterocycles. The Morgan fingerprint density at radius 3 is 2.68 bits per heavy atom. The summed E-state index contributed by atoms with van der Waals surface area (Å²) in [5.74, 6) is 0.464. The molecule has 2 aromatic rings. The maximum absolute atomic E-state index is 13.4. The van der Waals surface area contributed by atoms with E-state index in [1.807, 2.05) is 0 Å². The number of rotatable bonds is 2. The van der Waals surface area contributed by atoms with Crippen molar-refractivity contribution in [3.05, 3.63) is 34.4 Å². The fraction of sp³-hybridized carbons (Fsp3) is 0.385. The van der Waals surface area contributed by atoms with Gasteiger partial charge in [-0.3, -0.25) is 0 Å². The van der Waals surface area contributed by atoms with Gasteiger partial charge in [0.15, 0.2) is 0 Å². The van der Waals surface area contributed by atoms with Crippen LogP contribution in [-0.2, 0) is 5.54 Å². The molecule has 0 bridgehead atoms. The van der Waals surface area contributed by atoms with Crippen LogP contribution < -0.4 is 5.73 Å². The largest absolute Gasteiger partial charge is 0.337 e. The molecular weight excluding hydrogens is 313 g/mol.